The summed E-state index contributed by atoms with van der Waals surface area (Å²) in [5.74, 6) is -0.929. The van der Waals surface area contributed by atoms with Crippen molar-refractivity contribution in [2.75, 3.05) is 13.2 Å². The highest BCUT2D eigenvalue weighted by atomic mass is 16.6. The quantitative estimate of drug-likeness (QED) is 0.578. The zero-order chi connectivity index (χ0) is 14.1. The van der Waals surface area contributed by atoms with Crippen LogP contribution in [0, 0.1) is 5.92 Å². The van der Waals surface area contributed by atoms with E-state index in [1.807, 2.05) is 37.3 Å². The summed E-state index contributed by atoms with van der Waals surface area (Å²) >= 11 is 0. The molecule has 0 fully saturated rings. The Morgan fingerprint density at radius 2 is 2.00 bits per heavy atom. The zero-order valence-corrected chi connectivity index (χ0v) is 11.2. The molecule has 1 aromatic carbocycles. The molecule has 104 valence electrons. The Bertz CT molecular complexity index is 417. The maximum Gasteiger partial charge on any atom is 0.353 e. The van der Waals surface area contributed by atoms with E-state index in [1.54, 1.807) is 0 Å². The van der Waals surface area contributed by atoms with E-state index in [4.69, 9.17) is 14.7 Å². The van der Waals surface area contributed by atoms with Crippen molar-refractivity contribution in [1.29, 1.82) is 0 Å². The lowest BCUT2D eigenvalue weighted by molar-refractivity contribution is -0.129. The highest BCUT2D eigenvalue weighted by molar-refractivity contribution is 6.34. The van der Waals surface area contributed by atoms with Crippen LogP contribution in [0.25, 0.3) is 0 Å². The van der Waals surface area contributed by atoms with Crippen LogP contribution in [0.4, 0.5) is 0 Å². The molecule has 5 nitrogen and oxygen atoms in total. The summed E-state index contributed by atoms with van der Waals surface area (Å²) in [6, 6.07) is 9.90. The minimum Gasteiger partial charge on any atom is -0.477 e. The molecule has 1 aromatic rings. The van der Waals surface area contributed by atoms with E-state index in [9.17, 15) is 4.79 Å². The second-order valence-electron chi connectivity index (χ2n) is 4.38. The van der Waals surface area contributed by atoms with Gasteiger partial charge >= 0.3 is 5.97 Å². The first-order valence-electron chi connectivity index (χ1n) is 6.11. The summed E-state index contributed by atoms with van der Waals surface area (Å²) < 4.78 is 5.54. The van der Waals surface area contributed by atoms with Crippen LogP contribution in [0.15, 0.2) is 35.5 Å². The number of hydrogen-bond acceptors (Lipinski definition) is 4. The first-order valence-corrected chi connectivity index (χ1v) is 6.11. The van der Waals surface area contributed by atoms with Crippen molar-refractivity contribution in [2.24, 2.45) is 11.1 Å². The van der Waals surface area contributed by atoms with Gasteiger partial charge in [0.2, 0.25) is 0 Å². The number of aliphatic carboxylic acids is 1. The van der Waals surface area contributed by atoms with Crippen LogP contribution in [0.5, 0.6) is 0 Å². The summed E-state index contributed by atoms with van der Waals surface area (Å²) in [5, 5.41) is 12.1. The van der Waals surface area contributed by atoms with Gasteiger partial charge in [-0.15, -0.1) is 0 Å². The topological polar surface area (TPSA) is 68.1 Å². The van der Waals surface area contributed by atoms with Gasteiger partial charge in [-0.1, -0.05) is 42.4 Å². The summed E-state index contributed by atoms with van der Waals surface area (Å²) in [6.45, 7) is 4.77. The number of oxime groups is 1. The summed E-state index contributed by atoms with van der Waals surface area (Å²) in [6.07, 6.45) is 0. The SMILES string of the molecule is C/C(=N\OCC(C)COCc1ccccc1)C(=O)O. The summed E-state index contributed by atoms with van der Waals surface area (Å²) in [7, 11) is 0. The number of hydrogen-bond donors (Lipinski definition) is 1. The zero-order valence-electron chi connectivity index (χ0n) is 11.2. The number of nitrogens with zero attached hydrogens (tertiary/aromatic N) is 1. The van der Waals surface area contributed by atoms with Crippen molar-refractivity contribution in [3.05, 3.63) is 35.9 Å². The van der Waals surface area contributed by atoms with Crippen LogP contribution in [-0.4, -0.2) is 30.0 Å². The lowest BCUT2D eigenvalue weighted by Gasteiger charge is -2.10. The largest absolute Gasteiger partial charge is 0.477 e. The van der Waals surface area contributed by atoms with Crippen LogP contribution >= 0.6 is 0 Å². The Labute approximate surface area is 112 Å². The van der Waals surface area contributed by atoms with Gasteiger partial charge < -0.3 is 14.7 Å². The maximum atomic E-state index is 10.5. The molecular weight excluding hydrogens is 246 g/mol. The fraction of sp³-hybridized carbons (Fsp3) is 0.429. The smallest absolute Gasteiger partial charge is 0.353 e. The third-order valence-electron chi connectivity index (χ3n) is 2.38. The highest BCUT2D eigenvalue weighted by Crippen LogP contribution is 2.03. The Morgan fingerprint density at radius 3 is 2.63 bits per heavy atom. The molecule has 0 radical (unpaired) electrons. The second-order valence-corrected chi connectivity index (χ2v) is 4.38. The molecule has 1 unspecified atom stereocenters. The average Bonchev–Trinajstić information content (AvgIpc) is 2.39. The Morgan fingerprint density at radius 1 is 1.32 bits per heavy atom. The molecule has 0 amide bonds. The van der Waals surface area contributed by atoms with Crippen LogP contribution in [-0.2, 0) is 21.0 Å². The van der Waals surface area contributed by atoms with Gasteiger partial charge in [0.05, 0.1) is 13.2 Å². The third kappa shape index (κ3) is 6.57. The predicted molar refractivity (Wildman–Crippen MR) is 72.0 cm³/mol. The fourth-order valence-corrected chi connectivity index (χ4v) is 1.30. The molecule has 0 heterocycles. The van der Waals surface area contributed by atoms with E-state index >= 15 is 0 Å². The molecule has 0 aromatic heterocycles. The van der Waals surface area contributed by atoms with E-state index in [1.165, 1.54) is 6.92 Å². The molecule has 0 bridgehead atoms. The highest BCUT2D eigenvalue weighted by Gasteiger charge is 2.05. The first-order chi connectivity index (χ1) is 9.09. The first kappa shape index (κ1) is 15.2. The minimum atomic E-state index is -1.08. The Balaban J connectivity index is 2.16. The van der Waals surface area contributed by atoms with E-state index < -0.39 is 5.97 Å². The van der Waals surface area contributed by atoms with Crippen LogP contribution in [0.2, 0.25) is 0 Å². The lowest BCUT2D eigenvalue weighted by atomic mass is 10.2. The second kappa shape index (κ2) is 8.26. The molecule has 1 rings (SSSR count). The van der Waals surface area contributed by atoms with Gasteiger partial charge in [-0.2, -0.15) is 0 Å². The molecule has 0 aliphatic heterocycles. The lowest BCUT2D eigenvalue weighted by Crippen LogP contribution is -2.13. The van der Waals surface area contributed by atoms with Crippen molar-refractivity contribution in [3.63, 3.8) is 0 Å². The number of ether oxygens (including phenoxy) is 1. The molecule has 1 N–H and O–H groups in total. The summed E-state index contributed by atoms with van der Waals surface area (Å²) in [4.78, 5) is 15.4. The minimum absolute atomic E-state index is 0.0580. The Kier molecular flexibility index (Phi) is 6.60. The van der Waals surface area contributed by atoms with Crippen LogP contribution < -0.4 is 0 Å². The molecule has 0 saturated carbocycles. The molecule has 19 heavy (non-hydrogen) atoms. The van der Waals surface area contributed by atoms with Gasteiger partial charge in [-0.3, -0.25) is 0 Å². The molecule has 1 atom stereocenters. The van der Waals surface area contributed by atoms with Gasteiger partial charge in [0, 0.05) is 5.92 Å². The number of carbonyl (C=O) groups is 1. The number of rotatable bonds is 8. The molecule has 0 aliphatic carbocycles. The number of carboxylic acid groups (broad SMARTS) is 1. The van der Waals surface area contributed by atoms with Gasteiger partial charge in [0.1, 0.15) is 6.61 Å². The number of benzene rings is 1. The fourth-order valence-electron chi connectivity index (χ4n) is 1.30. The van der Waals surface area contributed by atoms with Crippen molar-refractivity contribution >= 4 is 11.7 Å². The van der Waals surface area contributed by atoms with Gasteiger partial charge in [-0.25, -0.2) is 4.79 Å². The van der Waals surface area contributed by atoms with Crippen molar-refractivity contribution in [2.45, 2.75) is 20.5 Å². The normalized spacial score (nSPS) is 13.1. The molecule has 0 spiro atoms. The predicted octanol–water partition coefficient (Wildman–Crippen LogP) is 2.32. The van der Waals surface area contributed by atoms with Gasteiger partial charge in [0.15, 0.2) is 5.71 Å². The molecular formula is C14H19NO4. The number of carboxylic acids is 1. The van der Waals surface area contributed by atoms with E-state index in [-0.39, 0.29) is 11.6 Å². The standard InChI is InChI=1S/C14H19NO4/c1-11(9-19-15-12(2)14(16)17)8-18-10-13-6-4-3-5-7-13/h3-7,11H,8-10H2,1-2H3,(H,16,17)/b15-12+. The van der Waals surface area contributed by atoms with Crippen molar-refractivity contribution < 1.29 is 19.5 Å². The monoisotopic (exact) mass is 265 g/mol. The third-order valence-corrected chi connectivity index (χ3v) is 2.38. The average molecular weight is 265 g/mol. The Hall–Kier alpha value is -1.88. The molecule has 5 heteroatoms. The van der Waals surface area contributed by atoms with Crippen LogP contribution in [0.1, 0.15) is 19.4 Å². The van der Waals surface area contributed by atoms with Gasteiger partial charge in [-0.05, 0) is 12.5 Å². The van der Waals surface area contributed by atoms with Crippen molar-refractivity contribution in [1.82, 2.24) is 0 Å². The molecule has 0 saturated heterocycles. The van der Waals surface area contributed by atoms with Crippen molar-refractivity contribution in [3.8, 4) is 0 Å². The maximum absolute atomic E-state index is 10.5. The summed E-state index contributed by atoms with van der Waals surface area (Å²) in [5.41, 5.74) is 1.06. The molecule has 0 aliphatic rings. The van der Waals surface area contributed by atoms with Crippen LogP contribution in [0.3, 0.4) is 0 Å². The van der Waals surface area contributed by atoms with E-state index in [2.05, 4.69) is 5.16 Å². The van der Waals surface area contributed by atoms with Gasteiger partial charge in [0.25, 0.3) is 0 Å². The van der Waals surface area contributed by atoms with E-state index in [0.29, 0.717) is 19.8 Å². The van der Waals surface area contributed by atoms with E-state index in [0.717, 1.165) is 5.56 Å².